The lowest BCUT2D eigenvalue weighted by molar-refractivity contribution is -0.167. The van der Waals surface area contributed by atoms with Gasteiger partial charge in [-0.3, -0.25) is 4.79 Å². The summed E-state index contributed by atoms with van der Waals surface area (Å²) < 4.78 is 42.1. The number of aromatic nitrogens is 2. The molecule has 0 aliphatic carbocycles. The lowest BCUT2D eigenvalue weighted by Gasteiger charge is -2.07. The summed E-state index contributed by atoms with van der Waals surface area (Å²) in [5.74, 6) is -1.47. The summed E-state index contributed by atoms with van der Waals surface area (Å²) in [4.78, 5) is 10.9. The quantitative estimate of drug-likeness (QED) is 0.789. The highest BCUT2D eigenvalue weighted by Crippen LogP contribution is 2.25. The van der Waals surface area contributed by atoms with Crippen LogP contribution in [0.4, 0.5) is 18.9 Å². The number of hydrogen-bond acceptors (Lipinski definition) is 4. The van der Waals surface area contributed by atoms with Gasteiger partial charge in [0.15, 0.2) is 0 Å². The Morgan fingerprint density at radius 2 is 1.42 bits per heavy atom. The van der Waals surface area contributed by atoms with Crippen LogP contribution in [0, 0.1) is 0 Å². The molecule has 2 aromatic carbocycles. The second kappa shape index (κ2) is 6.15. The van der Waals surface area contributed by atoms with Crippen molar-refractivity contribution < 1.29 is 22.4 Å². The molecule has 24 heavy (non-hydrogen) atoms. The molecule has 3 rings (SSSR count). The van der Waals surface area contributed by atoms with Gasteiger partial charge in [0.1, 0.15) is 0 Å². The number of anilines is 1. The fraction of sp³-hybridized carbons (Fsp3) is 0.0625. The van der Waals surface area contributed by atoms with E-state index in [2.05, 4.69) is 10.2 Å². The second-order valence-electron chi connectivity index (χ2n) is 4.81. The molecule has 0 saturated heterocycles. The van der Waals surface area contributed by atoms with Crippen molar-refractivity contribution in [3.63, 3.8) is 0 Å². The largest absolute Gasteiger partial charge is 0.471 e. The molecule has 1 heterocycles. The average molecular weight is 333 g/mol. The topological polar surface area (TPSA) is 68.0 Å². The summed E-state index contributed by atoms with van der Waals surface area (Å²) in [6.45, 7) is 0. The van der Waals surface area contributed by atoms with Crippen molar-refractivity contribution in [2.45, 2.75) is 6.18 Å². The van der Waals surface area contributed by atoms with Gasteiger partial charge in [0, 0.05) is 16.8 Å². The molecule has 0 fully saturated rings. The van der Waals surface area contributed by atoms with Crippen LogP contribution in [0.15, 0.2) is 59.0 Å². The summed E-state index contributed by atoms with van der Waals surface area (Å²) >= 11 is 0. The lowest BCUT2D eigenvalue weighted by Crippen LogP contribution is -2.29. The molecule has 5 nitrogen and oxygen atoms in total. The summed E-state index contributed by atoms with van der Waals surface area (Å²) in [5.41, 5.74) is 1.30. The zero-order valence-electron chi connectivity index (χ0n) is 12.0. The first kappa shape index (κ1) is 15.7. The predicted molar refractivity (Wildman–Crippen MR) is 79.9 cm³/mol. The van der Waals surface area contributed by atoms with E-state index in [0.717, 1.165) is 5.56 Å². The van der Waals surface area contributed by atoms with Crippen molar-refractivity contribution in [1.82, 2.24) is 10.2 Å². The maximum atomic E-state index is 12.2. The Morgan fingerprint density at radius 1 is 0.875 bits per heavy atom. The molecule has 1 amide bonds. The van der Waals surface area contributed by atoms with Crippen molar-refractivity contribution in [2.75, 3.05) is 5.32 Å². The maximum absolute atomic E-state index is 12.2. The molecule has 0 aliphatic heterocycles. The van der Waals surface area contributed by atoms with Gasteiger partial charge in [-0.2, -0.15) is 13.2 Å². The van der Waals surface area contributed by atoms with E-state index in [1.165, 1.54) is 24.3 Å². The van der Waals surface area contributed by atoms with Gasteiger partial charge in [-0.25, -0.2) is 0 Å². The molecule has 0 bridgehead atoms. The van der Waals surface area contributed by atoms with Gasteiger partial charge in [0.2, 0.25) is 11.8 Å². The van der Waals surface area contributed by atoms with Crippen LogP contribution in [-0.4, -0.2) is 22.3 Å². The minimum atomic E-state index is -4.93. The minimum absolute atomic E-state index is 0.0175. The standard InChI is InChI=1S/C16H10F3N3O2/c17-16(18,19)15(23)20-12-8-6-11(7-9-12)14-22-21-13(24-14)10-4-2-1-3-5-10/h1-9H,(H,20,23). The van der Waals surface area contributed by atoms with Crippen LogP contribution in [-0.2, 0) is 4.79 Å². The van der Waals surface area contributed by atoms with Gasteiger partial charge >= 0.3 is 12.1 Å². The van der Waals surface area contributed by atoms with Crippen molar-refractivity contribution in [2.24, 2.45) is 0 Å². The third-order valence-corrected chi connectivity index (χ3v) is 3.09. The van der Waals surface area contributed by atoms with Gasteiger partial charge in [0.25, 0.3) is 0 Å². The highest BCUT2D eigenvalue weighted by molar-refractivity contribution is 5.95. The van der Waals surface area contributed by atoms with E-state index in [0.29, 0.717) is 11.5 Å². The van der Waals surface area contributed by atoms with Crippen molar-refractivity contribution in [1.29, 1.82) is 0 Å². The summed E-state index contributed by atoms with van der Waals surface area (Å²) in [5, 5.41) is 9.60. The average Bonchev–Trinajstić information content (AvgIpc) is 3.05. The van der Waals surface area contributed by atoms with E-state index < -0.39 is 12.1 Å². The zero-order valence-corrected chi connectivity index (χ0v) is 12.0. The number of halogens is 3. The number of rotatable bonds is 3. The van der Waals surface area contributed by atoms with E-state index in [1.54, 1.807) is 5.32 Å². The Hall–Kier alpha value is -3.16. The molecule has 0 radical (unpaired) electrons. The van der Waals surface area contributed by atoms with E-state index in [4.69, 9.17) is 4.42 Å². The van der Waals surface area contributed by atoms with Crippen LogP contribution >= 0.6 is 0 Å². The van der Waals surface area contributed by atoms with E-state index in [-0.39, 0.29) is 11.6 Å². The van der Waals surface area contributed by atoms with Gasteiger partial charge in [-0.1, -0.05) is 18.2 Å². The predicted octanol–water partition coefficient (Wildman–Crippen LogP) is 3.90. The van der Waals surface area contributed by atoms with Crippen molar-refractivity contribution in [3.8, 4) is 22.9 Å². The number of alkyl halides is 3. The second-order valence-corrected chi connectivity index (χ2v) is 4.81. The number of benzene rings is 2. The van der Waals surface area contributed by atoms with Crippen LogP contribution in [0.1, 0.15) is 0 Å². The first-order chi connectivity index (χ1) is 11.4. The highest BCUT2D eigenvalue weighted by atomic mass is 19.4. The Balaban J connectivity index is 1.77. The maximum Gasteiger partial charge on any atom is 0.471 e. The van der Waals surface area contributed by atoms with Crippen LogP contribution in [0.5, 0.6) is 0 Å². The molecule has 0 spiro atoms. The van der Waals surface area contributed by atoms with Gasteiger partial charge in [-0.05, 0) is 36.4 Å². The van der Waals surface area contributed by atoms with E-state index >= 15 is 0 Å². The van der Waals surface area contributed by atoms with Crippen molar-refractivity contribution in [3.05, 3.63) is 54.6 Å². The number of carbonyl (C=O) groups is 1. The SMILES string of the molecule is O=C(Nc1ccc(-c2nnc(-c3ccccc3)o2)cc1)C(F)(F)F. The van der Waals surface area contributed by atoms with E-state index in [1.807, 2.05) is 30.3 Å². The Morgan fingerprint density at radius 3 is 1.96 bits per heavy atom. The smallest absolute Gasteiger partial charge is 0.416 e. The third-order valence-electron chi connectivity index (χ3n) is 3.09. The number of nitrogens with one attached hydrogen (secondary N) is 1. The lowest BCUT2D eigenvalue weighted by atomic mass is 10.2. The van der Waals surface area contributed by atoms with Gasteiger partial charge in [-0.15, -0.1) is 10.2 Å². The zero-order chi connectivity index (χ0) is 17.2. The molecular formula is C16H10F3N3O2. The fourth-order valence-electron chi connectivity index (χ4n) is 1.94. The molecule has 0 unspecified atom stereocenters. The first-order valence-electron chi connectivity index (χ1n) is 6.81. The Kier molecular flexibility index (Phi) is 4.03. The van der Waals surface area contributed by atoms with Crippen LogP contribution in [0.25, 0.3) is 22.9 Å². The number of hydrogen-bond donors (Lipinski definition) is 1. The molecule has 8 heteroatoms. The van der Waals surface area contributed by atoms with Crippen LogP contribution in [0.2, 0.25) is 0 Å². The third kappa shape index (κ3) is 3.43. The van der Waals surface area contributed by atoms with Gasteiger partial charge < -0.3 is 9.73 Å². The molecule has 1 N–H and O–H groups in total. The normalized spacial score (nSPS) is 11.3. The highest BCUT2D eigenvalue weighted by Gasteiger charge is 2.38. The summed E-state index contributed by atoms with van der Waals surface area (Å²) in [7, 11) is 0. The number of carbonyl (C=O) groups excluding carboxylic acids is 1. The fourth-order valence-corrected chi connectivity index (χ4v) is 1.94. The molecule has 0 saturated carbocycles. The Labute approximate surface area is 134 Å². The minimum Gasteiger partial charge on any atom is -0.416 e. The van der Waals surface area contributed by atoms with E-state index in [9.17, 15) is 18.0 Å². The molecule has 3 aromatic rings. The molecule has 1 aromatic heterocycles. The molecule has 0 aliphatic rings. The van der Waals surface area contributed by atoms with Gasteiger partial charge in [0.05, 0.1) is 0 Å². The summed E-state index contributed by atoms with van der Waals surface area (Å²) in [6.07, 6.45) is -4.93. The van der Waals surface area contributed by atoms with Crippen molar-refractivity contribution >= 4 is 11.6 Å². The molecule has 0 atom stereocenters. The van der Waals surface area contributed by atoms with Crippen LogP contribution < -0.4 is 5.32 Å². The Bertz CT molecular complexity index is 843. The monoisotopic (exact) mass is 333 g/mol. The first-order valence-corrected chi connectivity index (χ1v) is 6.81. The molecular weight excluding hydrogens is 323 g/mol. The number of nitrogens with zero attached hydrogens (tertiary/aromatic N) is 2. The molecule has 122 valence electrons. The number of amides is 1. The summed E-state index contributed by atoms with van der Waals surface area (Å²) in [6, 6.07) is 14.8. The van der Waals surface area contributed by atoms with Crippen LogP contribution in [0.3, 0.4) is 0 Å².